The van der Waals surface area contributed by atoms with Gasteiger partial charge in [0.25, 0.3) is 0 Å². The topological polar surface area (TPSA) is 21.3 Å². The van der Waals surface area contributed by atoms with Crippen molar-refractivity contribution < 1.29 is 4.74 Å². The van der Waals surface area contributed by atoms with E-state index in [4.69, 9.17) is 4.74 Å². The van der Waals surface area contributed by atoms with E-state index >= 15 is 0 Å². The fraction of sp³-hybridized carbons (Fsp3) is 1.00. The number of hydrogen-bond donors (Lipinski definition) is 1. The maximum Gasteiger partial charge on any atom is 0.0549 e. The molecule has 0 amide bonds. The van der Waals surface area contributed by atoms with Crippen LogP contribution in [0.15, 0.2) is 0 Å². The van der Waals surface area contributed by atoms with Crippen molar-refractivity contribution in [3.63, 3.8) is 0 Å². The molecule has 0 heterocycles. The minimum absolute atomic E-state index is 0.413. The molecule has 1 aliphatic carbocycles. The maximum absolute atomic E-state index is 5.31. The molecule has 1 aliphatic rings. The van der Waals surface area contributed by atoms with E-state index in [1.54, 1.807) is 7.11 Å². The third-order valence-corrected chi connectivity index (χ3v) is 2.97. The summed E-state index contributed by atoms with van der Waals surface area (Å²) in [7, 11) is 1.80. The van der Waals surface area contributed by atoms with E-state index in [-0.39, 0.29) is 0 Å². The average Bonchev–Trinajstić information content (AvgIpc) is 2.82. The normalized spacial score (nSPS) is 21.9. The summed E-state index contributed by atoms with van der Waals surface area (Å²) < 4.78 is 5.31. The second kappa shape index (κ2) is 4.43. The lowest BCUT2D eigenvalue weighted by Crippen LogP contribution is -2.31. The molecule has 1 N–H and O–H groups in total. The number of nitrogens with one attached hydrogen (secondary N) is 1. The van der Waals surface area contributed by atoms with Gasteiger partial charge in [-0.1, -0.05) is 13.8 Å². The molecule has 1 atom stereocenters. The Labute approximate surface area is 82.0 Å². The number of methoxy groups -OCH3 is 1. The highest BCUT2D eigenvalue weighted by atomic mass is 16.5. The lowest BCUT2D eigenvalue weighted by atomic mass is 9.99. The van der Waals surface area contributed by atoms with Gasteiger partial charge in [-0.25, -0.2) is 0 Å². The smallest absolute Gasteiger partial charge is 0.0549 e. The van der Waals surface area contributed by atoms with Crippen LogP contribution >= 0.6 is 0 Å². The number of hydrogen-bond acceptors (Lipinski definition) is 2. The third-order valence-electron chi connectivity index (χ3n) is 2.97. The molecule has 78 valence electrons. The zero-order valence-corrected chi connectivity index (χ0v) is 9.39. The van der Waals surface area contributed by atoms with Gasteiger partial charge in [-0.2, -0.15) is 0 Å². The van der Waals surface area contributed by atoms with Crippen LogP contribution in [0.4, 0.5) is 0 Å². The Morgan fingerprint density at radius 2 is 1.92 bits per heavy atom. The van der Waals surface area contributed by atoms with E-state index < -0.39 is 0 Å². The molecule has 1 saturated carbocycles. The fourth-order valence-corrected chi connectivity index (χ4v) is 1.74. The maximum atomic E-state index is 5.31. The Morgan fingerprint density at radius 1 is 1.31 bits per heavy atom. The zero-order valence-electron chi connectivity index (χ0n) is 9.39. The fourth-order valence-electron chi connectivity index (χ4n) is 1.74. The summed E-state index contributed by atoms with van der Waals surface area (Å²) in [4.78, 5) is 0. The van der Waals surface area contributed by atoms with Crippen LogP contribution in [-0.4, -0.2) is 25.8 Å². The predicted octanol–water partition coefficient (Wildman–Crippen LogP) is 2.19. The van der Waals surface area contributed by atoms with Gasteiger partial charge in [0.1, 0.15) is 0 Å². The predicted molar refractivity (Wildman–Crippen MR) is 55.9 cm³/mol. The first-order chi connectivity index (χ1) is 6.08. The molecule has 13 heavy (non-hydrogen) atoms. The van der Waals surface area contributed by atoms with E-state index in [0.717, 1.165) is 0 Å². The summed E-state index contributed by atoms with van der Waals surface area (Å²) in [6.07, 6.45) is 4.38. The summed E-state index contributed by atoms with van der Waals surface area (Å²) in [5.74, 6) is 0. The van der Waals surface area contributed by atoms with Crippen molar-refractivity contribution in [2.75, 3.05) is 13.7 Å². The van der Waals surface area contributed by atoms with Crippen molar-refractivity contribution in [3.8, 4) is 0 Å². The summed E-state index contributed by atoms with van der Waals surface area (Å²) in [6, 6.07) is 0.607. The number of rotatable bonds is 6. The standard InChI is InChI=1S/C11H23NO/c1-9(2)12-8-11(5-6-11)7-10(3)13-4/h9-10,12H,5-8H2,1-4H3. The zero-order chi connectivity index (χ0) is 9.90. The van der Waals surface area contributed by atoms with Gasteiger partial charge >= 0.3 is 0 Å². The molecular weight excluding hydrogens is 162 g/mol. The monoisotopic (exact) mass is 185 g/mol. The van der Waals surface area contributed by atoms with Gasteiger partial charge in [0, 0.05) is 19.7 Å². The summed E-state index contributed by atoms with van der Waals surface area (Å²) in [5, 5.41) is 3.52. The molecule has 0 saturated heterocycles. The molecule has 0 radical (unpaired) electrons. The lowest BCUT2D eigenvalue weighted by molar-refractivity contribution is 0.0898. The Hall–Kier alpha value is -0.0800. The van der Waals surface area contributed by atoms with Gasteiger partial charge < -0.3 is 10.1 Å². The first-order valence-corrected chi connectivity index (χ1v) is 5.34. The first-order valence-electron chi connectivity index (χ1n) is 5.34. The van der Waals surface area contributed by atoms with Crippen LogP contribution < -0.4 is 5.32 Å². The van der Waals surface area contributed by atoms with E-state index in [2.05, 4.69) is 26.1 Å². The minimum Gasteiger partial charge on any atom is -0.382 e. The Balaban J connectivity index is 2.22. The Bertz CT molecular complexity index is 152. The largest absolute Gasteiger partial charge is 0.382 e. The Kier molecular flexibility index (Phi) is 3.74. The van der Waals surface area contributed by atoms with Gasteiger partial charge in [0.2, 0.25) is 0 Å². The van der Waals surface area contributed by atoms with Crippen molar-refractivity contribution in [1.82, 2.24) is 5.32 Å². The highest BCUT2D eigenvalue weighted by Crippen LogP contribution is 2.49. The first kappa shape index (κ1) is 11.0. The van der Waals surface area contributed by atoms with Gasteiger partial charge in [-0.05, 0) is 31.6 Å². The van der Waals surface area contributed by atoms with Crippen molar-refractivity contribution >= 4 is 0 Å². The highest BCUT2D eigenvalue weighted by Gasteiger charge is 2.43. The lowest BCUT2D eigenvalue weighted by Gasteiger charge is -2.21. The summed E-state index contributed by atoms with van der Waals surface area (Å²) in [6.45, 7) is 7.74. The van der Waals surface area contributed by atoms with Gasteiger partial charge in [0.15, 0.2) is 0 Å². The SMILES string of the molecule is COC(C)CC1(CNC(C)C)CC1. The molecule has 0 spiro atoms. The second-order valence-electron chi connectivity index (χ2n) is 4.79. The summed E-state index contributed by atoms with van der Waals surface area (Å²) >= 11 is 0. The van der Waals surface area contributed by atoms with E-state index in [1.165, 1.54) is 25.8 Å². The van der Waals surface area contributed by atoms with Gasteiger partial charge in [-0.3, -0.25) is 0 Å². The number of ether oxygens (including phenoxy) is 1. The van der Waals surface area contributed by atoms with E-state index in [0.29, 0.717) is 17.6 Å². The van der Waals surface area contributed by atoms with Crippen molar-refractivity contribution in [2.45, 2.75) is 52.2 Å². The molecule has 0 aromatic rings. The van der Waals surface area contributed by atoms with Crippen molar-refractivity contribution in [3.05, 3.63) is 0 Å². The van der Waals surface area contributed by atoms with Crippen molar-refractivity contribution in [1.29, 1.82) is 0 Å². The molecule has 2 nitrogen and oxygen atoms in total. The van der Waals surface area contributed by atoms with Crippen LogP contribution in [0.3, 0.4) is 0 Å². The average molecular weight is 185 g/mol. The van der Waals surface area contributed by atoms with Crippen LogP contribution in [0, 0.1) is 5.41 Å². The van der Waals surface area contributed by atoms with Crippen LogP contribution in [0.25, 0.3) is 0 Å². The quantitative estimate of drug-likeness (QED) is 0.685. The van der Waals surface area contributed by atoms with E-state index in [9.17, 15) is 0 Å². The highest BCUT2D eigenvalue weighted by molar-refractivity contribution is 4.96. The molecule has 0 bridgehead atoms. The minimum atomic E-state index is 0.413. The van der Waals surface area contributed by atoms with Crippen LogP contribution in [0.2, 0.25) is 0 Å². The van der Waals surface area contributed by atoms with Gasteiger partial charge in [0.05, 0.1) is 6.10 Å². The summed E-state index contributed by atoms with van der Waals surface area (Å²) in [5.41, 5.74) is 0.569. The van der Waals surface area contributed by atoms with Crippen LogP contribution in [0.1, 0.15) is 40.0 Å². The molecule has 1 rings (SSSR count). The molecule has 1 unspecified atom stereocenters. The molecule has 0 aromatic carbocycles. The van der Waals surface area contributed by atoms with Crippen LogP contribution in [-0.2, 0) is 4.74 Å². The van der Waals surface area contributed by atoms with Crippen molar-refractivity contribution in [2.24, 2.45) is 5.41 Å². The van der Waals surface area contributed by atoms with Gasteiger partial charge in [-0.15, -0.1) is 0 Å². The Morgan fingerprint density at radius 3 is 2.31 bits per heavy atom. The van der Waals surface area contributed by atoms with Crippen LogP contribution in [0.5, 0.6) is 0 Å². The molecule has 0 aromatic heterocycles. The third kappa shape index (κ3) is 3.65. The molecule has 0 aliphatic heterocycles. The molecule has 1 fully saturated rings. The molecule has 2 heteroatoms. The second-order valence-corrected chi connectivity index (χ2v) is 4.79. The van der Waals surface area contributed by atoms with E-state index in [1.807, 2.05) is 0 Å². The molecular formula is C11H23NO.